The molecule has 1 amide bonds. The van der Waals surface area contributed by atoms with E-state index in [1.54, 1.807) is 12.1 Å². The van der Waals surface area contributed by atoms with Gasteiger partial charge in [0.25, 0.3) is 0 Å². The fraction of sp³-hybridized carbons (Fsp3) is 0.579. The van der Waals surface area contributed by atoms with Gasteiger partial charge in [-0.15, -0.1) is 0 Å². The maximum absolute atomic E-state index is 12.9. The molecule has 0 spiro atoms. The number of ether oxygens (including phenoxy) is 1. The first-order valence-corrected chi connectivity index (χ1v) is 9.00. The highest BCUT2D eigenvalue weighted by Gasteiger charge is 2.28. The number of hydrogen-bond donors (Lipinski definition) is 0. The van der Waals surface area contributed by atoms with Crippen molar-refractivity contribution in [1.29, 1.82) is 0 Å². The maximum atomic E-state index is 12.9. The number of hydrogen-bond acceptors (Lipinski definition) is 3. The predicted molar refractivity (Wildman–Crippen MR) is 94.9 cm³/mol. The molecule has 1 atom stereocenters. The van der Waals surface area contributed by atoms with E-state index in [-0.39, 0.29) is 23.8 Å². The number of nitrogens with zero attached hydrogens (tertiary/aromatic N) is 1. The van der Waals surface area contributed by atoms with E-state index in [2.05, 4.69) is 0 Å². The maximum Gasteiger partial charge on any atom is 0.310 e. The van der Waals surface area contributed by atoms with E-state index in [9.17, 15) is 9.59 Å². The van der Waals surface area contributed by atoms with Gasteiger partial charge < -0.3 is 9.64 Å². The van der Waals surface area contributed by atoms with Crippen LogP contribution in [0.15, 0.2) is 24.3 Å². The van der Waals surface area contributed by atoms with Gasteiger partial charge in [0, 0.05) is 17.6 Å². The Morgan fingerprint density at radius 2 is 1.83 bits per heavy atom. The lowest BCUT2D eigenvalue weighted by Gasteiger charge is -2.35. The first-order valence-electron chi connectivity index (χ1n) is 8.63. The van der Waals surface area contributed by atoms with Gasteiger partial charge in [0.15, 0.2) is 0 Å². The molecule has 0 bridgehead atoms. The molecular weight excluding hydrogens is 326 g/mol. The first-order chi connectivity index (χ1) is 11.5. The molecule has 1 fully saturated rings. The summed E-state index contributed by atoms with van der Waals surface area (Å²) in [5, 5.41) is 0.662. The van der Waals surface area contributed by atoms with E-state index in [0.717, 1.165) is 31.2 Å². The topological polar surface area (TPSA) is 46.6 Å². The number of benzene rings is 1. The molecule has 0 heterocycles. The third kappa shape index (κ3) is 5.23. The Morgan fingerprint density at radius 1 is 1.21 bits per heavy atom. The lowest BCUT2D eigenvalue weighted by atomic mass is 9.93. The minimum atomic E-state index is -0.314. The molecule has 1 aromatic carbocycles. The monoisotopic (exact) mass is 351 g/mol. The number of amides is 1. The molecule has 1 unspecified atom stereocenters. The van der Waals surface area contributed by atoms with Gasteiger partial charge in [-0.2, -0.15) is 0 Å². The van der Waals surface area contributed by atoms with Crippen molar-refractivity contribution in [3.63, 3.8) is 0 Å². The summed E-state index contributed by atoms with van der Waals surface area (Å²) in [4.78, 5) is 26.6. The van der Waals surface area contributed by atoms with Crippen molar-refractivity contribution in [1.82, 2.24) is 4.90 Å². The minimum Gasteiger partial charge on any atom is -0.469 e. The van der Waals surface area contributed by atoms with Crippen molar-refractivity contribution >= 4 is 23.5 Å². The van der Waals surface area contributed by atoms with Crippen LogP contribution in [0.5, 0.6) is 0 Å². The molecule has 132 valence electrons. The summed E-state index contributed by atoms with van der Waals surface area (Å²) in [6, 6.07) is 7.58. The average molecular weight is 352 g/mol. The molecule has 0 aliphatic heterocycles. The molecule has 5 heteroatoms. The average Bonchev–Trinajstić information content (AvgIpc) is 2.61. The predicted octanol–water partition coefficient (Wildman–Crippen LogP) is 3.85. The summed E-state index contributed by atoms with van der Waals surface area (Å²) in [6.07, 6.45) is 5.87. The summed E-state index contributed by atoms with van der Waals surface area (Å²) in [6.45, 7) is 2.24. The fourth-order valence-electron chi connectivity index (χ4n) is 3.30. The molecule has 0 aromatic heterocycles. The number of esters is 1. The van der Waals surface area contributed by atoms with Crippen LogP contribution in [0.1, 0.15) is 44.6 Å². The number of carbonyl (C=O) groups is 2. The second-order valence-electron chi connectivity index (χ2n) is 6.57. The van der Waals surface area contributed by atoms with Crippen molar-refractivity contribution in [2.45, 2.75) is 51.5 Å². The number of halogens is 1. The normalized spacial score (nSPS) is 16.5. The standard InChI is InChI=1S/C19H26ClNO3/c1-14(19(23)24-2)13-21(17-6-4-3-5-7-17)18(22)12-15-8-10-16(20)11-9-15/h8-11,14,17H,3-7,12-13H2,1-2H3. The summed E-state index contributed by atoms with van der Waals surface area (Å²) in [5.41, 5.74) is 0.941. The Hall–Kier alpha value is -1.55. The number of carbonyl (C=O) groups excluding carboxylic acids is 2. The lowest BCUT2D eigenvalue weighted by Crippen LogP contribution is -2.45. The molecule has 1 aliphatic carbocycles. The smallest absolute Gasteiger partial charge is 0.310 e. The zero-order valence-corrected chi connectivity index (χ0v) is 15.2. The van der Waals surface area contributed by atoms with Gasteiger partial charge in [-0.1, -0.05) is 49.9 Å². The van der Waals surface area contributed by atoms with Crippen molar-refractivity contribution in [3.8, 4) is 0 Å². The van der Waals surface area contributed by atoms with Gasteiger partial charge in [0.1, 0.15) is 0 Å². The number of rotatable bonds is 6. The van der Waals surface area contributed by atoms with Crippen LogP contribution in [-0.2, 0) is 20.7 Å². The molecule has 1 aromatic rings. The third-order valence-electron chi connectivity index (χ3n) is 4.68. The van der Waals surface area contributed by atoms with Gasteiger partial charge in [0.05, 0.1) is 19.4 Å². The molecular formula is C19H26ClNO3. The Labute approximate surface area is 149 Å². The van der Waals surface area contributed by atoms with E-state index >= 15 is 0 Å². The van der Waals surface area contributed by atoms with Crippen molar-refractivity contribution in [2.75, 3.05) is 13.7 Å². The van der Waals surface area contributed by atoms with Gasteiger partial charge in [-0.25, -0.2) is 0 Å². The van der Waals surface area contributed by atoms with Crippen LogP contribution in [0, 0.1) is 5.92 Å². The van der Waals surface area contributed by atoms with Crippen LogP contribution in [0.2, 0.25) is 5.02 Å². The zero-order chi connectivity index (χ0) is 17.5. The van der Waals surface area contributed by atoms with Crippen LogP contribution in [0.4, 0.5) is 0 Å². The number of methoxy groups -OCH3 is 1. The highest BCUT2D eigenvalue weighted by Crippen LogP contribution is 2.24. The Kier molecular flexibility index (Phi) is 7.10. The summed E-state index contributed by atoms with van der Waals surface area (Å²) >= 11 is 5.91. The van der Waals surface area contributed by atoms with Gasteiger partial charge in [0.2, 0.25) is 5.91 Å². The van der Waals surface area contributed by atoms with E-state index < -0.39 is 0 Å². The molecule has 24 heavy (non-hydrogen) atoms. The van der Waals surface area contributed by atoms with Crippen LogP contribution in [0.3, 0.4) is 0 Å². The van der Waals surface area contributed by atoms with Crippen LogP contribution in [-0.4, -0.2) is 36.5 Å². The Morgan fingerprint density at radius 3 is 2.42 bits per heavy atom. The largest absolute Gasteiger partial charge is 0.469 e. The first kappa shape index (κ1) is 18.8. The van der Waals surface area contributed by atoms with Crippen LogP contribution >= 0.6 is 11.6 Å². The zero-order valence-electron chi connectivity index (χ0n) is 14.5. The third-order valence-corrected chi connectivity index (χ3v) is 4.93. The molecule has 0 N–H and O–H groups in total. The van der Waals surface area contributed by atoms with Crippen LogP contribution in [0.25, 0.3) is 0 Å². The van der Waals surface area contributed by atoms with Gasteiger partial charge in [-0.05, 0) is 30.5 Å². The second kappa shape index (κ2) is 9.07. The van der Waals surface area contributed by atoms with E-state index in [0.29, 0.717) is 18.0 Å². The second-order valence-corrected chi connectivity index (χ2v) is 7.00. The van der Waals surface area contributed by atoms with E-state index in [1.165, 1.54) is 13.5 Å². The van der Waals surface area contributed by atoms with Crippen LogP contribution < -0.4 is 0 Å². The molecule has 1 aliphatic rings. The van der Waals surface area contributed by atoms with Gasteiger partial charge in [-0.3, -0.25) is 9.59 Å². The van der Waals surface area contributed by atoms with E-state index in [4.69, 9.17) is 16.3 Å². The Bertz CT molecular complexity index is 552. The molecule has 0 radical (unpaired) electrons. The highest BCUT2D eigenvalue weighted by atomic mass is 35.5. The van der Waals surface area contributed by atoms with Crippen molar-refractivity contribution in [3.05, 3.63) is 34.9 Å². The minimum absolute atomic E-state index is 0.0694. The SMILES string of the molecule is COC(=O)C(C)CN(C(=O)Cc1ccc(Cl)cc1)C1CCCCC1. The summed E-state index contributed by atoms with van der Waals surface area (Å²) < 4.78 is 4.82. The summed E-state index contributed by atoms with van der Waals surface area (Å²) in [7, 11) is 1.39. The molecule has 1 saturated carbocycles. The quantitative estimate of drug-likeness (QED) is 0.731. The molecule has 4 nitrogen and oxygen atoms in total. The van der Waals surface area contributed by atoms with Gasteiger partial charge >= 0.3 is 5.97 Å². The summed E-state index contributed by atoms with van der Waals surface area (Å²) in [5.74, 6) is -0.513. The fourth-order valence-corrected chi connectivity index (χ4v) is 3.42. The lowest BCUT2D eigenvalue weighted by molar-refractivity contribution is -0.147. The molecule has 2 rings (SSSR count). The van der Waals surface area contributed by atoms with Crippen molar-refractivity contribution in [2.24, 2.45) is 5.92 Å². The van der Waals surface area contributed by atoms with E-state index in [1.807, 2.05) is 24.0 Å². The Balaban J connectivity index is 2.09. The van der Waals surface area contributed by atoms with Crippen molar-refractivity contribution < 1.29 is 14.3 Å². The molecule has 0 saturated heterocycles. The highest BCUT2D eigenvalue weighted by molar-refractivity contribution is 6.30.